The molecule has 0 aliphatic carbocycles. The molecule has 0 aromatic heterocycles. The lowest BCUT2D eigenvalue weighted by atomic mass is 9.98. The Labute approximate surface area is 248 Å². The van der Waals surface area contributed by atoms with Gasteiger partial charge in [-0.1, -0.05) is 55.8 Å². The summed E-state index contributed by atoms with van der Waals surface area (Å²) >= 11 is 0. The number of nitro benzene ring substituents is 1. The van der Waals surface area contributed by atoms with E-state index in [0.29, 0.717) is 24.1 Å². The maximum atomic E-state index is 13.5. The highest BCUT2D eigenvalue weighted by Crippen LogP contribution is 2.35. The number of piperidine rings is 1. The van der Waals surface area contributed by atoms with Crippen LogP contribution in [0.25, 0.3) is 11.1 Å². The number of esters is 1. The number of amides is 1. The fraction of sp³-hybridized carbons (Fsp3) is 0.412. The largest absolute Gasteiger partial charge is 0.456 e. The summed E-state index contributed by atoms with van der Waals surface area (Å²) in [5.74, 6) is -0.536. The van der Waals surface area contributed by atoms with E-state index in [-0.39, 0.29) is 18.1 Å². The molecule has 0 unspecified atom stereocenters. The van der Waals surface area contributed by atoms with Gasteiger partial charge in [0.1, 0.15) is 11.3 Å². The van der Waals surface area contributed by atoms with Crippen molar-refractivity contribution in [1.29, 1.82) is 0 Å². The monoisotopic (exact) mass is 571 g/mol. The number of anilines is 2. The van der Waals surface area contributed by atoms with Crippen molar-refractivity contribution in [1.82, 2.24) is 0 Å². The number of hydrogen-bond donors (Lipinski definition) is 0. The molecule has 0 radical (unpaired) electrons. The lowest BCUT2D eigenvalue weighted by Gasteiger charge is -2.30. The molecule has 1 amide bonds. The van der Waals surface area contributed by atoms with E-state index in [0.717, 1.165) is 54.7 Å². The summed E-state index contributed by atoms with van der Waals surface area (Å²) in [4.78, 5) is 41.9. The number of benzene rings is 3. The number of ether oxygens (including phenoxy) is 1. The topological polar surface area (TPSA) is 93.0 Å². The van der Waals surface area contributed by atoms with Crippen LogP contribution in [0.2, 0.25) is 0 Å². The van der Waals surface area contributed by atoms with Gasteiger partial charge in [-0.05, 0) is 81.3 Å². The van der Waals surface area contributed by atoms with Crippen LogP contribution in [0.1, 0.15) is 82.1 Å². The molecule has 42 heavy (non-hydrogen) atoms. The molecule has 4 rings (SSSR count). The van der Waals surface area contributed by atoms with E-state index < -0.39 is 16.5 Å². The first-order valence-electron chi connectivity index (χ1n) is 14.8. The summed E-state index contributed by atoms with van der Waals surface area (Å²) in [7, 11) is 0. The SMILES string of the molecule is CCCCC(=O)N(Cc1ccc(-c2ccccc2C(=O)OC(C)(C)C)cc1)c1cc(N2CCCCC2)ccc1[N+](=O)[O-]. The second-order valence-corrected chi connectivity index (χ2v) is 11.8. The molecule has 1 saturated heterocycles. The van der Waals surface area contributed by atoms with Crippen LogP contribution in [0.15, 0.2) is 66.7 Å². The van der Waals surface area contributed by atoms with Crippen molar-refractivity contribution < 1.29 is 19.2 Å². The molecule has 222 valence electrons. The van der Waals surface area contributed by atoms with Gasteiger partial charge in [0.25, 0.3) is 5.69 Å². The lowest BCUT2D eigenvalue weighted by molar-refractivity contribution is -0.384. The Morgan fingerprint density at radius 1 is 0.976 bits per heavy atom. The van der Waals surface area contributed by atoms with Crippen molar-refractivity contribution in [2.24, 2.45) is 0 Å². The van der Waals surface area contributed by atoms with Crippen LogP contribution >= 0.6 is 0 Å². The normalized spacial score (nSPS) is 13.5. The summed E-state index contributed by atoms with van der Waals surface area (Å²) in [5.41, 5.74) is 3.42. The van der Waals surface area contributed by atoms with Gasteiger partial charge >= 0.3 is 5.97 Å². The third kappa shape index (κ3) is 7.75. The molecule has 1 aliphatic rings. The highest BCUT2D eigenvalue weighted by Gasteiger charge is 2.27. The van der Waals surface area contributed by atoms with Crippen LogP contribution < -0.4 is 9.80 Å². The minimum atomic E-state index is -0.615. The average Bonchev–Trinajstić information content (AvgIpc) is 2.98. The number of carbonyl (C=O) groups is 2. The summed E-state index contributed by atoms with van der Waals surface area (Å²) in [5, 5.41) is 12.1. The van der Waals surface area contributed by atoms with Crippen LogP contribution in [-0.4, -0.2) is 35.5 Å². The molecule has 0 N–H and O–H groups in total. The van der Waals surface area contributed by atoms with Crippen molar-refractivity contribution in [2.45, 2.75) is 78.4 Å². The number of unbranched alkanes of at least 4 members (excludes halogenated alkanes) is 1. The van der Waals surface area contributed by atoms with Gasteiger partial charge in [-0.2, -0.15) is 0 Å². The number of hydrogen-bond acceptors (Lipinski definition) is 6. The highest BCUT2D eigenvalue weighted by molar-refractivity contribution is 5.98. The van der Waals surface area contributed by atoms with Crippen LogP contribution in [0, 0.1) is 10.1 Å². The van der Waals surface area contributed by atoms with Crippen molar-refractivity contribution in [2.75, 3.05) is 22.9 Å². The third-order valence-corrected chi connectivity index (χ3v) is 7.36. The van der Waals surface area contributed by atoms with E-state index in [1.807, 2.05) is 70.2 Å². The molecule has 0 atom stereocenters. The van der Waals surface area contributed by atoms with Gasteiger partial charge in [0.2, 0.25) is 5.91 Å². The maximum absolute atomic E-state index is 13.5. The van der Waals surface area contributed by atoms with Crippen LogP contribution in [0.5, 0.6) is 0 Å². The van der Waals surface area contributed by atoms with Crippen LogP contribution in [0.4, 0.5) is 17.1 Å². The summed E-state index contributed by atoms with van der Waals surface area (Å²) < 4.78 is 5.61. The summed E-state index contributed by atoms with van der Waals surface area (Å²) in [6.45, 7) is 9.51. The van der Waals surface area contributed by atoms with Gasteiger partial charge in [-0.15, -0.1) is 0 Å². The van der Waals surface area contributed by atoms with Gasteiger partial charge in [0.15, 0.2) is 0 Å². The smallest absolute Gasteiger partial charge is 0.339 e. The van der Waals surface area contributed by atoms with Gasteiger partial charge in [0, 0.05) is 31.3 Å². The molecular weight excluding hydrogens is 530 g/mol. The highest BCUT2D eigenvalue weighted by atomic mass is 16.6. The first-order valence-corrected chi connectivity index (χ1v) is 14.8. The fourth-order valence-electron chi connectivity index (χ4n) is 5.22. The number of rotatable bonds is 10. The summed E-state index contributed by atoms with van der Waals surface area (Å²) in [6.07, 6.45) is 5.19. The van der Waals surface area contributed by atoms with Crippen LogP contribution in [0.3, 0.4) is 0 Å². The average molecular weight is 572 g/mol. The molecule has 0 spiro atoms. The minimum absolute atomic E-state index is 0.0801. The van der Waals surface area contributed by atoms with Crippen molar-refractivity contribution in [3.8, 4) is 11.1 Å². The Kier molecular flexibility index (Phi) is 9.99. The Hall–Kier alpha value is -4.20. The van der Waals surface area contributed by atoms with Crippen molar-refractivity contribution >= 4 is 28.9 Å². The molecule has 3 aromatic rings. The van der Waals surface area contributed by atoms with Gasteiger partial charge in [-0.25, -0.2) is 4.79 Å². The fourth-order valence-corrected chi connectivity index (χ4v) is 5.22. The third-order valence-electron chi connectivity index (χ3n) is 7.36. The predicted octanol–water partition coefficient (Wildman–Crippen LogP) is 7.93. The zero-order valence-electron chi connectivity index (χ0n) is 25.1. The first-order chi connectivity index (χ1) is 20.1. The lowest BCUT2D eigenvalue weighted by Crippen LogP contribution is -2.32. The zero-order chi connectivity index (χ0) is 30.3. The molecule has 8 nitrogen and oxygen atoms in total. The molecule has 0 saturated carbocycles. The first kappa shape index (κ1) is 30.8. The van der Waals surface area contributed by atoms with Crippen molar-refractivity contribution in [3.05, 3.63) is 88.0 Å². The Morgan fingerprint density at radius 2 is 1.67 bits per heavy atom. The molecule has 1 fully saturated rings. The quantitative estimate of drug-likeness (QED) is 0.139. The van der Waals surface area contributed by atoms with Crippen LogP contribution in [-0.2, 0) is 16.1 Å². The Bertz CT molecular complexity index is 1410. The standard InChI is InChI=1S/C34H41N3O5/c1-5-6-14-32(38)36(31-23-27(19-20-30(31)37(40)41)35-21-10-7-11-22-35)24-25-15-17-26(18-16-25)28-12-8-9-13-29(28)33(39)42-34(2,3)4/h8-9,12-13,15-20,23H,5-7,10-11,14,21-22,24H2,1-4H3. The zero-order valence-corrected chi connectivity index (χ0v) is 25.1. The molecule has 0 bridgehead atoms. The summed E-state index contributed by atoms with van der Waals surface area (Å²) in [6, 6.07) is 20.1. The van der Waals surface area contributed by atoms with E-state index in [1.54, 1.807) is 23.1 Å². The van der Waals surface area contributed by atoms with E-state index in [1.165, 1.54) is 12.5 Å². The van der Waals surface area contributed by atoms with E-state index in [2.05, 4.69) is 4.90 Å². The van der Waals surface area contributed by atoms with Gasteiger partial charge in [-0.3, -0.25) is 14.9 Å². The number of carbonyl (C=O) groups excluding carboxylic acids is 2. The molecular formula is C34H41N3O5. The van der Waals surface area contributed by atoms with E-state index in [9.17, 15) is 19.7 Å². The maximum Gasteiger partial charge on any atom is 0.339 e. The Morgan fingerprint density at radius 3 is 2.31 bits per heavy atom. The predicted molar refractivity (Wildman–Crippen MR) is 167 cm³/mol. The Balaban J connectivity index is 1.67. The van der Waals surface area contributed by atoms with Crippen molar-refractivity contribution in [3.63, 3.8) is 0 Å². The molecule has 8 heteroatoms. The molecule has 1 aliphatic heterocycles. The van der Waals surface area contributed by atoms with E-state index in [4.69, 9.17) is 4.74 Å². The van der Waals surface area contributed by atoms with E-state index >= 15 is 0 Å². The van der Waals surface area contributed by atoms with Gasteiger partial charge in [0.05, 0.1) is 17.0 Å². The minimum Gasteiger partial charge on any atom is -0.456 e. The number of nitrogens with zero attached hydrogens (tertiary/aromatic N) is 3. The molecule has 3 aromatic carbocycles. The van der Waals surface area contributed by atoms with Gasteiger partial charge < -0.3 is 14.5 Å². The second-order valence-electron chi connectivity index (χ2n) is 11.8. The second kappa shape index (κ2) is 13.6. The molecule has 1 heterocycles. The number of nitro groups is 1.